The molecule has 0 spiro atoms. The van der Waals surface area contributed by atoms with Gasteiger partial charge in [0.1, 0.15) is 5.82 Å². The van der Waals surface area contributed by atoms with Gasteiger partial charge in [-0.25, -0.2) is 4.98 Å². The van der Waals surface area contributed by atoms with E-state index in [4.69, 9.17) is 15.2 Å². The van der Waals surface area contributed by atoms with E-state index >= 15 is 0 Å². The van der Waals surface area contributed by atoms with Crippen LogP contribution in [-0.4, -0.2) is 56.5 Å². The predicted octanol–water partition coefficient (Wildman–Crippen LogP) is 0.287. The van der Waals surface area contributed by atoms with Crippen molar-refractivity contribution in [2.75, 3.05) is 38.3 Å². The molecule has 2 unspecified atom stereocenters. The van der Waals surface area contributed by atoms with Crippen LogP contribution in [0, 0.1) is 0 Å². The molecule has 1 aromatic heterocycles. The number of anilines is 1. The highest BCUT2D eigenvalue weighted by molar-refractivity contribution is 5.76. The molecule has 7 heteroatoms. The Labute approximate surface area is 137 Å². The van der Waals surface area contributed by atoms with E-state index in [1.807, 2.05) is 12.1 Å². The average molecular weight is 322 g/mol. The van der Waals surface area contributed by atoms with Crippen molar-refractivity contribution in [2.45, 2.75) is 32.1 Å². The van der Waals surface area contributed by atoms with E-state index in [9.17, 15) is 4.79 Å². The molecule has 1 amide bonds. The number of nitrogens with one attached hydrogen (secondary N) is 1. The summed E-state index contributed by atoms with van der Waals surface area (Å²) < 4.78 is 10.6. The van der Waals surface area contributed by atoms with Gasteiger partial charge in [-0.05, 0) is 18.6 Å². The summed E-state index contributed by atoms with van der Waals surface area (Å²) in [5, 5.41) is 2.86. The summed E-state index contributed by atoms with van der Waals surface area (Å²) in [5.74, 6) is 0.867. The molecule has 2 heterocycles. The van der Waals surface area contributed by atoms with Gasteiger partial charge < -0.3 is 25.4 Å². The summed E-state index contributed by atoms with van der Waals surface area (Å²) in [6.45, 7) is 5.27. The van der Waals surface area contributed by atoms with Crippen LogP contribution >= 0.6 is 0 Å². The first-order chi connectivity index (χ1) is 11.1. The Bertz CT molecular complexity index is 491. The number of carbonyl (C=O) groups is 1. The zero-order valence-electron chi connectivity index (χ0n) is 13.8. The highest BCUT2D eigenvalue weighted by atomic mass is 16.5. The van der Waals surface area contributed by atoms with E-state index in [1.54, 1.807) is 13.3 Å². The van der Waals surface area contributed by atoms with Crippen LogP contribution in [0.2, 0.25) is 0 Å². The molecule has 0 radical (unpaired) electrons. The van der Waals surface area contributed by atoms with E-state index in [-0.39, 0.29) is 24.5 Å². The zero-order valence-corrected chi connectivity index (χ0v) is 13.8. The average Bonchev–Trinajstić information content (AvgIpc) is 2.58. The lowest BCUT2D eigenvalue weighted by atomic mass is 10.2. The Morgan fingerprint density at radius 1 is 1.61 bits per heavy atom. The maximum atomic E-state index is 11.8. The molecule has 2 atom stereocenters. The summed E-state index contributed by atoms with van der Waals surface area (Å²) in [7, 11) is 1.56. The van der Waals surface area contributed by atoms with Crippen LogP contribution in [0.3, 0.4) is 0 Å². The second kappa shape index (κ2) is 8.81. The van der Waals surface area contributed by atoms with Crippen LogP contribution in [0.15, 0.2) is 18.3 Å². The summed E-state index contributed by atoms with van der Waals surface area (Å²) in [5.41, 5.74) is 6.47. The Morgan fingerprint density at radius 2 is 2.43 bits per heavy atom. The molecular formula is C16H26N4O3. The van der Waals surface area contributed by atoms with E-state index in [0.29, 0.717) is 13.1 Å². The number of rotatable bonds is 7. The van der Waals surface area contributed by atoms with Crippen molar-refractivity contribution in [3.63, 3.8) is 0 Å². The first-order valence-electron chi connectivity index (χ1n) is 7.93. The fourth-order valence-electron chi connectivity index (χ4n) is 2.48. The fourth-order valence-corrected chi connectivity index (χ4v) is 2.48. The Balaban J connectivity index is 1.82. The number of hydrogen-bond acceptors (Lipinski definition) is 6. The first kappa shape index (κ1) is 17.7. The number of morpholine rings is 1. The van der Waals surface area contributed by atoms with Crippen molar-refractivity contribution < 1.29 is 14.3 Å². The van der Waals surface area contributed by atoms with Crippen molar-refractivity contribution in [3.05, 3.63) is 23.9 Å². The van der Waals surface area contributed by atoms with Gasteiger partial charge in [-0.3, -0.25) is 4.79 Å². The van der Waals surface area contributed by atoms with Crippen LogP contribution in [0.4, 0.5) is 5.82 Å². The monoisotopic (exact) mass is 322 g/mol. The minimum Gasteiger partial charge on any atom is -0.380 e. The topological polar surface area (TPSA) is 89.7 Å². The third kappa shape index (κ3) is 5.46. The molecule has 7 nitrogen and oxygen atoms in total. The molecular weight excluding hydrogens is 296 g/mol. The molecule has 0 aliphatic carbocycles. The van der Waals surface area contributed by atoms with Gasteiger partial charge in [0.2, 0.25) is 5.91 Å². The van der Waals surface area contributed by atoms with Crippen molar-refractivity contribution in [2.24, 2.45) is 5.73 Å². The lowest BCUT2D eigenvalue weighted by Crippen LogP contribution is -2.41. The highest BCUT2D eigenvalue weighted by Gasteiger charge is 2.17. The zero-order chi connectivity index (χ0) is 16.7. The third-order valence-corrected chi connectivity index (χ3v) is 3.87. The molecule has 0 saturated carbocycles. The van der Waals surface area contributed by atoms with Crippen LogP contribution in [0.1, 0.15) is 18.9 Å². The van der Waals surface area contributed by atoms with Crippen molar-refractivity contribution in [1.82, 2.24) is 10.3 Å². The molecule has 128 valence electrons. The molecule has 23 heavy (non-hydrogen) atoms. The minimum atomic E-state index is -0.237. The third-order valence-electron chi connectivity index (χ3n) is 3.87. The number of carbonyl (C=O) groups excluding carboxylic acids is 1. The smallest absolute Gasteiger partial charge is 0.222 e. The predicted molar refractivity (Wildman–Crippen MR) is 88.2 cm³/mol. The summed E-state index contributed by atoms with van der Waals surface area (Å²) in [4.78, 5) is 18.5. The van der Waals surface area contributed by atoms with Gasteiger partial charge in [-0.2, -0.15) is 0 Å². The van der Waals surface area contributed by atoms with Gasteiger partial charge in [0.25, 0.3) is 0 Å². The SMILES string of the molecule is COC(CN)CC(=O)NCc1ccc(N2CCOC(C)C2)nc1. The molecule has 0 aromatic carbocycles. The van der Waals surface area contributed by atoms with Gasteiger partial charge in [-0.1, -0.05) is 6.07 Å². The fraction of sp³-hybridized carbons (Fsp3) is 0.625. The number of ether oxygens (including phenoxy) is 2. The number of methoxy groups -OCH3 is 1. The van der Waals surface area contributed by atoms with E-state index in [2.05, 4.69) is 22.1 Å². The maximum Gasteiger partial charge on any atom is 0.222 e. The van der Waals surface area contributed by atoms with Crippen molar-refractivity contribution >= 4 is 11.7 Å². The van der Waals surface area contributed by atoms with Crippen LogP contribution in [0.25, 0.3) is 0 Å². The van der Waals surface area contributed by atoms with E-state index < -0.39 is 0 Å². The molecule has 3 N–H and O–H groups in total. The lowest BCUT2D eigenvalue weighted by molar-refractivity contribution is -0.123. The molecule has 1 fully saturated rings. The summed E-state index contributed by atoms with van der Waals surface area (Å²) >= 11 is 0. The van der Waals surface area contributed by atoms with Crippen LogP contribution in [-0.2, 0) is 20.8 Å². The number of hydrogen-bond donors (Lipinski definition) is 2. The molecule has 2 rings (SSSR count). The number of aromatic nitrogens is 1. The second-order valence-electron chi connectivity index (χ2n) is 5.73. The normalized spacial score (nSPS) is 19.4. The van der Waals surface area contributed by atoms with Crippen molar-refractivity contribution in [1.29, 1.82) is 0 Å². The number of amides is 1. The van der Waals surface area contributed by atoms with Gasteiger partial charge in [0.15, 0.2) is 0 Å². The quantitative estimate of drug-likeness (QED) is 0.750. The van der Waals surface area contributed by atoms with Gasteiger partial charge in [0, 0.05) is 39.5 Å². The van der Waals surface area contributed by atoms with Gasteiger partial charge in [-0.15, -0.1) is 0 Å². The van der Waals surface area contributed by atoms with Crippen molar-refractivity contribution in [3.8, 4) is 0 Å². The molecule has 1 aliphatic heterocycles. The van der Waals surface area contributed by atoms with E-state index in [1.165, 1.54) is 0 Å². The number of nitrogens with two attached hydrogens (primary N) is 1. The largest absolute Gasteiger partial charge is 0.380 e. The number of pyridine rings is 1. The Hall–Kier alpha value is -1.70. The highest BCUT2D eigenvalue weighted by Crippen LogP contribution is 2.15. The van der Waals surface area contributed by atoms with Crippen LogP contribution in [0.5, 0.6) is 0 Å². The van der Waals surface area contributed by atoms with E-state index in [0.717, 1.165) is 31.1 Å². The Morgan fingerprint density at radius 3 is 3.04 bits per heavy atom. The maximum absolute atomic E-state index is 11.8. The molecule has 0 bridgehead atoms. The molecule has 1 aromatic rings. The van der Waals surface area contributed by atoms with Gasteiger partial charge in [0.05, 0.1) is 25.2 Å². The first-order valence-corrected chi connectivity index (χ1v) is 7.93. The lowest BCUT2D eigenvalue weighted by Gasteiger charge is -2.32. The second-order valence-corrected chi connectivity index (χ2v) is 5.73. The minimum absolute atomic E-state index is 0.0756. The van der Waals surface area contributed by atoms with Gasteiger partial charge >= 0.3 is 0 Å². The standard InChI is InChI=1S/C16H26N4O3/c1-12-11-20(5-6-23-12)15-4-3-13(9-18-15)10-19-16(21)7-14(8-17)22-2/h3-4,9,12,14H,5-8,10-11,17H2,1-2H3,(H,19,21). The summed E-state index contributed by atoms with van der Waals surface area (Å²) in [6.07, 6.45) is 2.05. The molecule has 1 aliphatic rings. The summed E-state index contributed by atoms with van der Waals surface area (Å²) in [6, 6.07) is 3.97. The Kier molecular flexibility index (Phi) is 6.76. The van der Waals surface area contributed by atoms with Crippen LogP contribution < -0.4 is 16.0 Å². The number of nitrogens with zero attached hydrogens (tertiary/aromatic N) is 2. The molecule has 1 saturated heterocycles.